The molecule has 0 fully saturated rings. The van der Waals surface area contributed by atoms with E-state index >= 15 is 0 Å². The number of anilines is 1. The van der Waals surface area contributed by atoms with Crippen LogP contribution < -0.4 is 10.1 Å². The Kier molecular flexibility index (Phi) is 4.42. The first kappa shape index (κ1) is 15.2. The molecule has 0 saturated heterocycles. The van der Waals surface area contributed by atoms with Crippen molar-refractivity contribution in [2.75, 3.05) is 12.4 Å². The van der Waals surface area contributed by atoms with E-state index in [1.54, 1.807) is 23.5 Å². The number of ether oxygens (including phenoxy) is 1. The van der Waals surface area contributed by atoms with E-state index in [1.165, 1.54) is 13.2 Å². The van der Waals surface area contributed by atoms with Crippen LogP contribution in [0.3, 0.4) is 0 Å². The summed E-state index contributed by atoms with van der Waals surface area (Å²) in [6.45, 7) is 5.99. The SMILES string of the molecule is COc1cc(NC(C)c2sc(C)nc2C)ccc1[N+](=O)[O-]. The number of benzene rings is 1. The lowest BCUT2D eigenvalue weighted by atomic mass is 10.2. The molecule has 0 amide bonds. The van der Waals surface area contributed by atoms with E-state index in [9.17, 15) is 10.1 Å². The fraction of sp³-hybridized carbons (Fsp3) is 0.357. The molecule has 0 aliphatic rings. The maximum absolute atomic E-state index is 10.9. The largest absolute Gasteiger partial charge is 0.490 e. The Hall–Kier alpha value is -2.15. The Balaban J connectivity index is 2.23. The zero-order valence-electron chi connectivity index (χ0n) is 12.3. The minimum absolute atomic E-state index is 0.0412. The number of aryl methyl sites for hydroxylation is 2. The van der Waals surface area contributed by atoms with Gasteiger partial charge in [0.15, 0.2) is 5.75 Å². The van der Waals surface area contributed by atoms with Crippen LogP contribution in [0.2, 0.25) is 0 Å². The highest BCUT2D eigenvalue weighted by Gasteiger charge is 2.17. The number of aromatic nitrogens is 1. The number of nitrogens with zero attached hydrogens (tertiary/aromatic N) is 2. The maximum Gasteiger partial charge on any atom is 0.311 e. The van der Waals surface area contributed by atoms with Gasteiger partial charge in [-0.3, -0.25) is 10.1 Å². The quantitative estimate of drug-likeness (QED) is 0.670. The zero-order valence-corrected chi connectivity index (χ0v) is 13.2. The van der Waals surface area contributed by atoms with Crippen LogP contribution in [-0.4, -0.2) is 17.0 Å². The Bertz CT molecular complexity index is 669. The zero-order chi connectivity index (χ0) is 15.6. The van der Waals surface area contributed by atoms with Crippen LogP contribution in [0, 0.1) is 24.0 Å². The van der Waals surface area contributed by atoms with Crippen molar-refractivity contribution >= 4 is 22.7 Å². The van der Waals surface area contributed by atoms with Gasteiger partial charge in [-0.2, -0.15) is 0 Å². The molecule has 0 radical (unpaired) electrons. The van der Waals surface area contributed by atoms with Crippen LogP contribution in [0.5, 0.6) is 5.75 Å². The number of hydrogen-bond donors (Lipinski definition) is 1. The lowest BCUT2D eigenvalue weighted by Gasteiger charge is -2.15. The van der Waals surface area contributed by atoms with E-state index in [-0.39, 0.29) is 17.5 Å². The first-order valence-electron chi connectivity index (χ1n) is 6.45. The Morgan fingerprint density at radius 1 is 1.43 bits per heavy atom. The highest BCUT2D eigenvalue weighted by atomic mass is 32.1. The molecule has 0 saturated carbocycles. The van der Waals surface area contributed by atoms with Gasteiger partial charge in [-0.1, -0.05) is 0 Å². The second-order valence-corrected chi connectivity index (χ2v) is 5.93. The molecule has 1 N–H and O–H groups in total. The highest BCUT2D eigenvalue weighted by Crippen LogP contribution is 2.32. The van der Waals surface area contributed by atoms with Gasteiger partial charge in [0, 0.05) is 22.7 Å². The van der Waals surface area contributed by atoms with E-state index < -0.39 is 4.92 Å². The second-order valence-electron chi connectivity index (χ2n) is 4.69. The van der Waals surface area contributed by atoms with Gasteiger partial charge in [0.05, 0.1) is 28.8 Å². The molecule has 2 rings (SSSR count). The molecule has 1 atom stereocenters. The number of rotatable bonds is 5. The summed E-state index contributed by atoms with van der Waals surface area (Å²) in [6, 6.07) is 4.83. The van der Waals surface area contributed by atoms with E-state index in [0.717, 1.165) is 21.3 Å². The molecule has 0 spiro atoms. The lowest BCUT2D eigenvalue weighted by molar-refractivity contribution is -0.385. The van der Waals surface area contributed by atoms with Crippen molar-refractivity contribution in [1.82, 2.24) is 4.98 Å². The van der Waals surface area contributed by atoms with Gasteiger partial charge in [-0.05, 0) is 26.8 Å². The molecule has 0 aliphatic carbocycles. The van der Waals surface area contributed by atoms with Crippen LogP contribution in [0.15, 0.2) is 18.2 Å². The number of nitro benzene ring substituents is 1. The summed E-state index contributed by atoms with van der Waals surface area (Å²) in [5.74, 6) is 0.245. The van der Waals surface area contributed by atoms with Crippen molar-refractivity contribution in [3.05, 3.63) is 43.9 Å². The van der Waals surface area contributed by atoms with Crippen molar-refractivity contribution in [3.63, 3.8) is 0 Å². The third kappa shape index (κ3) is 3.30. The van der Waals surface area contributed by atoms with Crippen molar-refractivity contribution in [1.29, 1.82) is 0 Å². The van der Waals surface area contributed by atoms with E-state index in [1.807, 2.05) is 20.8 Å². The summed E-state index contributed by atoms with van der Waals surface area (Å²) in [5.41, 5.74) is 1.74. The van der Waals surface area contributed by atoms with Crippen LogP contribution in [0.4, 0.5) is 11.4 Å². The number of hydrogen-bond acceptors (Lipinski definition) is 6. The normalized spacial score (nSPS) is 12.0. The molecule has 1 aromatic carbocycles. The van der Waals surface area contributed by atoms with E-state index in [0.29, 0.717) is 0 Å². The highest BCUT2D eigenvalue weighted by molar-refractivity contribution is 7.11. The summed E-state index contributed by atoms with van der Waals surface area (Å²) < 4.78 is 5.07. The van der Waals surface area contributed by atoms with E-state index in [2.05, 4.69) is 10.3 Å². The predicted octanol–water partition coefficient (Wildman–Crippen LogP) is 3.85. The van der Waals surface area contributed by atoms with Crippen LogP contribution in [0.1, 0.15) is 28.5 Å². The molecule has 1 aromatic heterocycles. The van der Waals surface area contributed by atoms with Gasteiger partial charge in [0.25, 0.3) is 0 Å². The minimum Gasteiger partial charge on any atom is -0.490 e. The third-order valence-electron chi connectivity index (χ3n) is 3.09. The Labute approximate surface area is 126 Å². The first-order chi connectivity index (χ1) is 9.92. The number of nitro groups is 1. The molecule has 21 heavy (non-hydrogen) atoms. The minimum atomic E-state index is -0.456. The van der Waals surface area contributed by atoms with Gasteiger partial charge in [-0.25, -0.2) is 4.98 Å². The molecule has 1 unspecified atom stereocenters. The smallest absolute Gasteiger partial charge is 0.311 e. The predicted molar refractivity (Wildman–Crippen MR) is 83.3 cm³/mol. The number of methoxy groups -OCH3 is 1. The summed E-state index contributed by atoms with van der Waals surface area (Å²) in [4.78, 5) is 16.0. The van der Waals surface area contributed by atoms with Crippen molar-refractivity contribution in [3.8, 4) is 5.75 Å². The second kappa shape index (κ2) is 6.09. The molecule has 0 bridgehead atoms. The molecule has 2 aromatic rings. The molecule has 0 aliphatic heterocycles. The molecular weight excluding hydrogens is 290 g/mol. The fourth-order valence-corrected chi connectivity index (χ4v) is 3.11. The first-order valence-corrected chi connectivity index (χ1v) is 7.27. The molecule has 6 nitrogen and oxygen atoms in total. The number of nitrogens with one attached hydrogen (secondary N) is 1. The van der Waals surface area contributed by atoms with Gasteiger partial charge >= 0.3 is 5.69 Å². The third-order valence-corrected chi connectivity index (χ3v) is 4.35. The van der Waals surface area contributed by atoms with Gasteiger partial charge in [0.2, 0.25) is 0 Å². The van der Waals surface area contributed by atoms with Gasteiger partial charge in [0.1, 0.15) is 0 Å². The summed E-state index contributed by atoms with van der Waals surface area (Å²) in [5, 5.41) is 15.2. The van der Waals surface area contributed by atoms with E-state index in [4.69, 9.17) is 4.74 Å². The molecule has 112 valence electrons. The van der Waals surface area contributed by atoms with Crippen molar-refractivity contribution in [2.45, 2.75) is 26.8 Å². The fourth-order valence-electron chi connectivity index (χ4n) is 2.18. The van der Waals surface area contributed by atoms with Gasteiger partial charge in [-0.15, -0.1) is 11.3 Å². The van der Waals surface area contributed by atoms with Crippen molar-refractivity contribution < 1.29 is 9.66 Å². The molecular formula is C14H17N3O3S. The van der Waals surface area contributed by atoms with Crippen LogP contribution >= 0.6 is 11.3 Å². The monoisotopic (exact) mass is 307 g/mol. The average molecular weight is 307 g/mol. The molecule has 7 heteroatoms. The van der Waals surface area contributed by atoms with Gasteiger partial charge < -0.3 is 10.1 Å². The van der Waals surface area contributed by atoms with Crippen LogP contribution in [-0.2, 0) is 0 Å². The average Bonchev–Trinajstić information content (AvgIpc) is 2.77. The standard InChI is InChI=1S/C14H17N3O3S/c1-8-14(21-10(3)15-8)9(2)16-11-5-6-12(17(18)19)13(7-11)20-4/h5-7,9,16H,1-4H3. The topological polar surface area (TPSA) is 77.3 Å². The summed E-state index contributed by atoms with van der Waals surface area (Å²) in [7, 11) is 1.42. The van der Waals surface area contributed by atoms with Crippen LogP contribution in [0.25, 0.3) is 0 Å². The molecule has 1 heterocycles. The van der Waals surface area contributed by atoms with Crippen molar-refractivity contribution in [2.24, 2.45) is 0 Å². The Morgan fingerprint density at radius 2 is 2.14 bits per heavy atom. The maximum atomic E-state index is 10.9. The summed E-state index contributed by atoms with van der Waals surface area (Å²) >= 11 is 1.65. The Morgan fingerprint density at radius 3 is 2.67 bits per heavy atom. The summed E-state index contributed by atoms with van der Waals surface area (Å²) in [6.07, 6.45) is 0. The lowest BCUT2D eigenvalue weighted by Crippen LogP contribution is -2.06. The number of thiazole rings is 1.